The molecule has 4 rings (SSSR count). The van der Waals surface area contributed by atoms with Gasteiger partial charge in [-0.2, -0.15) is 0 Å². The van der Waals surface area contributed by atoms with Crippen LogP contribution in [-0.4, -0.2) is 58.2 Å². The molecule has 0 saturated carbocycles. The summed E-state index contributed by atoms with van der Waals surface area (Å²) in [5, 5.41) is 17.9. The second kappa shape index (κ2) is 9.52. The number of nitrogens with zero attached hydrogens (tertiary/aromatic N) is 4. The van der Waals surface area contributed by atoms with Crippen molar-refractivity contribution in [3.8, 4) is 5.88 Å². The third-order valence-electron chi connectivity index (χ3n) is 6.39. The van der Waals surface area contributed by atoms with Crippen molar-refractivity contribution in [2.45, 2.75) is 53.0 Å². The number of hydrogen-bond donors (Lipinski definition) is 1. The van der Waals surface area contributed by atoms with E-state index in [4.69, 9.17) is 9.84 Å². The first-order valence-corrected chi connectivity index (χ1v) is 11.7. The van der Waals surface area contributed by atoms with Crippen molar-refractivity contribution in [1.29, 1.82) is 0 Å². The van der Waals surface area contributed by atoms with Crippen LogP contribution in [0.15, 0.2) is 12.3 Å². The number of hydroxylamine groups is 1. The Labute approximate surface area is 189 Å². The van der Waals surface area contributed by atoms with E-state index in [1.807, 2.05) is 6.07 Å². The molecule has 0 aliphatic carbocycles. The molecule has 1 atom stereocenters. The molecule has 0 radical (unpaired) electrons. The first-order chi connectivity index (χ1) is 15.5. The van der Waals surface area contributed by atoms with Gasteiger partial charge < -0.3 is 15.0 Å². The van der Waals surface area contributed by atoms with E-state index >= 15 is 0 Å². The van der Waals surface area contributed by atoms with Crippen molar-refractivity contribution in [3.05, 3.63) is 39.9 Å². The van der Waals surface area contributed by atoms with E-state index in [9.17, 15) is 10.0 Å². The highest BCUT2D eigenvalue weighted by Gasteiger charge is 2.34. The molecule has 2 aromatic rings. The van der Waals surface area contributed by atoms with Gasteiger partial charge in [0.15, 0.2) is 5.78 Å². The fourth-order valence-electron chi connectivity index (χ4n) is 4.41. The lowest BCUT2D eigenvalue weighted by Crippen LogP contribution is -3.03. The van der Waals surface area contributed by atoms with Crippen LogP contribution in [0.25, 0.3) is 11.6 Å². The SMILES string of the molecule is CCCCOc1ncc(C(C)=O)cc1C1=Cc2c(nn(C3CN(CC)C3)c2CC)[NH+]([O-])C1. The van der Waals surface area contributed by atoms with Crippen LogP contribution in [0, 0.1) is 5.21 Å². The van der Waals surface area contributed by atoms with E-state index in [1.165, 1.54) is 6.92 Å². The summed E-state index contributed by atoms with van der Waals surface area (Å²) in [7, 11) is 0. The van der Waals surface area contributed by atoms with Crippen molar-refractivity contribution >= 4 is 23.3 Å². The monoisotopic (exact) mass is 439 g/mol. The zero-order valence-electron chi connectivity index (χ0n) is 19.5. The number of ether oxygens (including phenoxy) is 1. The Kier molecular flexibility index (Phi) is 6.74. The summed E-state index contributed by atoms with van der Waals surface area (Å²) in [4.78, 5) is 18.8. The summed E-state index contributed by atoms with van der Waals surface area (Å²) in [6.45, 7) is 11.6. The Morgan fingerprint density at radius 2 is 2.09 bits per heavy atom. The lowest BCUT2D eigenvalue weighted by molar-refractivity contribution is -0.770. The second-order valence-corrected chi connectivity index (χ2v) is 8.62. The lowest BCUT2D eigenvalue weighted by atomic mass is 9.98. The van der Waals surface area contributed by atoms with Crippen LogP contribution in [0.1, 0.15) is 73.8 Å². The van der Waals surface area contributed by atoms with Gasteiger partial charge in [0.05, 0.1) is 23.9 Å². The Bertz CT molecular complexity index is 1020. The van der Waals surface area contributed by atoms with Gasteiger partial charge in [0.25, 0.3) is 5.82 Å². The van der Waals surface area contributed by atoms with Crippen molar-refractivity contribution < 1.29 is 14.6 Å². The number of fused-ring (bicyclic) bond motifs is 1. The predicted molar refractivity (Wildman–Crippen MR) is 124 cm³/mol. The molecule has 1 unspecified atom stereocenters. The maximum Gasteiger partial charge on any atom is 0.252 e. The number of aromatic nitrogens is 3. The molecular formula is C24H33N5O3. The highest BCUT2D eigenvalue weighted by Crippen LogP contribution is 2.34. The van der Waals surface area contributed by atoms with Gasteiger partial charge in [-0.25, -0.2) is 4.98 Å². The molecule has 1 fully saturated rings. The predicted octanol–water partition coefficient (Wildman–Crippen LogP) is 2.67. The van der Waals surface area contributed by atoms with Crippen LogP contribution in [0.3, 0.4) is 0 Å². The molecule has 2 aliphatic heterocycles. The van der Waals surface area contributed by atoms with Gasteiger partial charge in [0, 0.05) is 36.0 Å². The van der Waals surface area contributed by atoms with Crippen LogP contribution in [-0.2, 0) is 6.42 Å². The fraction of sp³-hybridized carbons (Fsp3) is 0.542. The molecule has 0 amide bonds. The Balaban J connectivity index is 1.74. The zero-order chi connectivity index (χ0) is 22.8. The third-order valence-corrected chi connectivity index (χ3v) is 6.39. The maximum atomic E-state index is 13.1. The summed E-state index contributed by atoms with van der Waals surface area (Å²) in [5.41, 5.74) is 4.07. The molecule has 32 heavy (non-hydrogen) atoms. The molecule has 8 nitrogen and oxygen atoms in total. The third kappa shape index (κ3) is 4.22. The Hall–Kier alpha value is -2.55. The number of hydrogen-bond acceptors (Lipinski definition) is 6. The number of carbonyl (C=O) groups is 1. The molecule has 2 aromatic heterocycles. The number of likely N-dealkylation sites (tertiary alicyclic amines) is 1. The quantitative estimate of drug-likeness (QED) is 0.367. The minimum Gasteiger partial charge on any atom is -0.627 e. The Morgan fingerprint density at radius 1 is 1.31 bits per heavy atom. The van der Waals surface area contributed by atoms with Crippen LogP contribution in [0.4, 0.5) is 5.82 Å². The number of pyridine rings is 1. The largest absolute Gasteiger partial charge is 0.627 e. The van der Waals surface area contributed by atoms with Crippen LogP contribution in [0.5, 0.6) is 5.88 Å². The molecular weight excluding hydrogens is 406 g/mol. The molecule has 0 bridgehead atoms. The highest BCUT2D eigenvalue weighted by atomic mass is 16.5. The van der Waals surface area contributed by atoms with Gasteiger partial charge in [0.2, 0.25) is 5.88 Å². The molecule has 0 spiro atoms. The zero-order valence-corrected chi connectivity index (χ0v) is 19.5. The summed E-state index contributed by atoms with van der Waals surface area (Å²) in [5.74, 6) is 0.980. The topological polar surface area (TPSA) is 87.8 Å². The molecule has 0 aromatic carbocycles. The minimum atomic E-state index is -0.0604. The van der Waals surface area contributed by atoms with E-state index in [0.717, 1.165) is 61.3 Å². The van der Waals surface area contributed by atoms with Crippen molar-refractivity contribution in [2.24, 2.45) is 0 Å². The van der Waals surface area contributed by atoms with E-state index in [1.54, 1.807) is 6.20 Å². The number of nitrogens with one attached hydrogen (secondary N) is 1. The van der Waals surface area contributed by atoms with Gasteiger partial charge >= 0.3 is 0 Å². The van der Waals surface area contributed by atoms with Crippen molar-refractivity contribution in [1.82, 2.24) is 19.7 Å². The first-order valence-electron chi connectivity index (χ1n) is 11.7. The van der Waals surface area contributed by atoms with Crippen molar-refractivity contribution in [3.63, 3.8) is 0 Å². The summed E-state index contributed by atoms with van der Waals surface area (Å²) in [6, 6.07) is 2.12. The normalized spacial score (nSPS) is 18.8. The number of ketones is 1. The Morgan fingerprint density at radius 3 is 2.75 bits per heavy atom. The number of unbranched alkanes of at least 4 members (excludes halogenated alkanes) is 1. The standard InChI is InChI=1S/C24H33N5O3/c1-5-8-9-32-24-20(10-17(12-25-24)16(4)30)18-11-21-22(6-2)29(19-14-27(7-3)15-19)26-23(21)28(31)13-18/h10-12,19,28H,5-9,13-15H2,1-4H3. The maximum absolute atomic E-state index is 13.1. The summed E-state index contributed by atoms with van der Waals surface area (Å²) < 4.78 is 8.01. The smallest absolute Gasteiger partial charge is 0.252 e. The van der Waals surface area contributed by atoms with E-state index < -0.39 is 0 Å². The average molecular weight is 440 g/mol. The minimum absolute atomic E-state index is 0.00496. The molecule has 4 heterocycles. The fourth-order valence-corrected chi connectivity index (χ4v) is 4.41. The van der Waals surface area contributed by atoms with Crippen LogP contribution < -0.4 is 9.80 Å². The number of Topliss-reactive ketones (excluding diaryl/α,β-unsaturated/α-hetero) is 1. The highest BCUT2D eigenvalue weighted by molar-refractivity contribution is 5.96. The molecule has 172 valence electrons. The average Bonchev–Trinajstić information content (AvgIpc) is 3.12. The van der Waals surface area contributed by atoms with Crippen LogP contribution >= 0.6 is 0 Å². The van der Waals surface area contributed by atoms with Crippen LogP contribution in [0.2, 0.25) is 0 Å². The van der Waals surface area contributed by atoms with Gasteiger partial charge in [-0.05, 0) is 38.5 Å². The number of rotatable bonds is 9. The lowest BCUT2D eigenvalue weighted by Gasteiger charge is -2.39. The summed E-state index contributed by atoms with van der Waals surface area (Å²) >= 11 is 0. The molecule has 8 heteroatoms. The second-order valence-electron chi connectivity index (χ2n) is 8.62. The first kappa shape index (κ1) is 22.6. The molecule has 2 aliphatic rings. The number of likely N-dealkylation sites (N-methyl/N-ethyl adjacent to an activating group) is 1. The van der Waals surface area contributed by atoms with E-state index in [2.05, 4.69) is 41.4 Å². The summed E-state index contributed by atoms with van der Waals surface area (Å²) in [6.07, 6.45) is 6.34. The molecule has 1 N–H and O–H groups in total. The number of carbonyl (C=O) groups excluding carboxylic acids is 1. The number of quaternary nitrogens is 1. The van der Waals surface area contributed by atoms with Gasteiger partial charge in [-0.15, -0.1) is 5.10 Å². The van der Waals surface area contributed by atoms with Gasteiger partial charge in [-0.3, -0.25) is 14.4 Å². The molecule has 1 saturated heterocycles. The van der Waals surface area contributed by atoms with Gasteiger partial charge in [0.1, 0.15) is 6.54 Å². The van der Waals surface area contributed by atoms with E-state index in [-0.39, 0.29) is 17.4 Å². The van der Waals surface area contributed by atoms with Gasteiger partial charge in [-0.1, -0.05) is 27.2 Å². The van der Waals surface area contributed by atoms with Crippen molar-refractivity contribution in [2.75, 3.05) is 32.8 Å². The van der Waals surface area contributed by atoms with E-state index in [0.29, 0.717) is 29.9 Å².